The van der Waals surface area contributed by atoms with Crippen molar-refractivity contribution in [3.63, 3.8) is 0 Å². The highest BCUT2D eigenvalue weighted by Gasteiger charge is 2.55. The molecule has 2 unspecified atom stereocenters. The number of benzene rings is 2. The number of alkyl halides is 3. The van der Waals surface area contributed by atoms with Gasteiger partial charge in [-0.3, -0.25) is 0 Å². The van der Waals surface area contributed by atoms with Crippen LogP contribution in [0.3, 0.4) is 0 Å². The molecule has 2 aromatic rings. The lowest BCUT2D eigenvalue weighted by atomic mass is 9.68. The second kappa shape index (κ2) is 8.57. The molecule has 0 aromatic heterocycles. The molecule has 34 heavy (non-hydrogen) atoms. The molecule has 1 aliphatic carbocycles. The number of hydrogen-bond donors (Lipinski definition) is 1. The Kier molecular flexibility index (Phi) is 6.32. The maximum atomic E-state index is 13.0. The van der Waals surface area contributed by atoms with E-state index < -0.39 is 17.8 Å². The minimum Gasteiger partial charge on any atom is -1.00 e. The Morgan fingerprint density at radius 2 is 1.94 bits per heavy atom. The van der Waals surface area contributed by atoms with Crippen molar-refractivity contribution in [2.75, 3.05) is 20.7 Å². The summed E-state index contributed by atoms with van der Waals surface area (Å²) in [7, 11) is 3.81. The zero-order chi connectivity index (χ0) is 23.6. The van der Waals surface area contributed by atoms with Crippen molar-refractivity contribution in [1.82, 2.24) is 0 Å². The van der Waals surface area contributed by atoms with Crippen LogP contribution in [0.4, 0.5) is 13.2 Å². The molecule has 5 rings (SSSR count). The van der Waals surface area contributed by atoms with Crippen LogP contribution < -0.4 is 26.5 Å². The van der Waals surface area contributed by atoms with Gasteiger partial charge in [0.15, 0.2) is 11.5 Å². The first-order valence-electron chi connectivity index (χ1n) is 11.3. The predicted molar refractivity (Wildman–Crippen MR) is 118 cm³/mol. The molecule has 3 aliphatic rings. The van der Waals surface area contributed by atoms with Crippen LogP contribution in [0.25, 0.3) is 0 Å². The van der Waals surface area contributed by atoms with Crippen molar-refractivity contribution in [1.29, 1.82) is 0 Å². The van der Waals surface area contributed by atoms with E-state index >= 15 is 0 Å². The van der Waals surface area contributed by atoms with Crippen LogP contribution in [0.15, 0.2) is 42.5 Å². The van der Waals surface area contributed by atoms with Crippen molar-refractivity contribution in [2.24, 2.45) is 0 Å². The third kappa shape index (κ3) is 4.03. The van der Waals surface area contributed by atoms with Gasteiger partial charge in [-0.1, -0.05) is 24.3 Å². The quantitative estimate of drug-likeness (QED) is 0.478. The number of hydrogen-bond acceptors (Lipinski definition) is 3. The molecule has 0 saturated heterocycles. The highest BCUT2D eigenvalue weighted by Crippen LogP contribution is 2.57. The van der Waals surface area contributed by atoms with E-state index in [1.54, 1.807) is 19.2 Å². The number of rotatable bonds is 3. The molecule has 0 bridgehead atoms. The van der Waals surface area contributed by atoms with Crippen LogP contribution in [-0.4, -0.2) is 42.5 Å². The van der Waals surface area contributed by atoms with E-state index in [9.17, 15) is 18.3 Å². The third-order valence-electron chi connectivity index (χ3n) is 7.62. The summed E-state index contributed by atoms with van der Waals surface area (Å²) in [6, 6.07) is 7.53. The molecule has 4 atom stereocenters. The van der Waals surface area contributed by atoms with Gasteiger partial charge in [0.25, 0.3) is 0 Å². The number of ether oxygens (including phenoxy) is 2. The van der Waals surface area contributed by atoms with Crippen LogP contribution in [0.5, 0.6) is 11.5 Å². The van der Waals surface area contributed by atoms with Crippen molar-refractivity contribution in [3.05, 3.63) is 70.3 Å². The van der Waals surface area contributed by atoms with Crippen molar-refractivity contribution in [2.45, 2.75) is 56.7 Å². The Labute approximate surface area is 208 Å². The van der Waals surface area contributed by atoms with Gasteiger partial charge >= 0.3 is 6.18 Å². The molecular weight excluding hydrogens is 511 g/mol. The Morgan fingerprint density at radius 3 is 2.59 bits per heavy atom. The fourth-order valence-electron chi connectivity index (χ4n) is 5.87. The molecule has 0 saturated carbocycles. The van der Waals surface area contributed by atoms with Gasteiger partial charge in [0.1, 0.15) is 19.2 Å². The van der Waals surface area contributed by atoms with Gasteiger partial charge in [-0.05, 0) is 30.7 Å². The van der Waals surface area contributed by atoms with E-state index in [0.717, 1.165) is 42.0 Å². The first-order chi connectivity index (χ1) is 15.5. The van der Waals surface area contributed by atoms with E-state index in [2.05, 4.69) is 20.0 Å². The van der Waals surface area contributed by atoms with Gasteiger partial charge in [0.2, 0.25) is 0 Å². The Bertz CT molecular complexity index is 1120. The summed E-state index contributed by atoms with van der Waals surface area (Å²) >= 11 is 0. The first-order valence-corrected chi connectivity index (χ1v) is 11.3. The summed E-state index contributed by atoms with van der Waals surface area (Å²) in [6.45, 7) is 4.28. The van der Waals surface area contributed by atoms with E-state index in [-0.39, 0.29) is 28.5 Å². The van der Waals surface area contributed by atoms with Crippen LogP contribution in [-0.2, 0) is 24.7 Å². The van der Waals surface area contributed by atoms with Gasteiger partial charge in [-0.25, -0.2) is 0 Å². The number of quaternary nitrogens is 1. The number of aliphatic hydroxyl groups is 1. The lowest BCUT2D eigenvalue weighted by Gasteiger charge is -2.37. The highest BCUT2D eigenvalue weighted by atomic mass is 79.9. The molecule has 184 valence electrons. The number of halogens is 4. The Balaban J connectivity index is 0.00000274. The van der Waals surface area contributed by atoms with Crippen molar-refractivity contribution < 1.29 is 49.2 Å². The zero-order valence-corrected chi connectivity index (χ0v) is 21.0. The van der Waals surface area contributed by atoms with E-state index in [4.69, 9.17) is 9.47 Å². The van der Waals surface area contributed by atoms with Crippen molar-refractivity contribution >= 4 is 0 Å². The molecule has 2 heterocycles. The zero-order valence-electron chi connectivity index (χ0n) is 19.5. The molecule has 4 nitrogen and oxygen atoms in total. The van der Waals surface area contributed by atoms with Gasteiger partial charge in [0, 0.05) is 29.5 Å². The average molecular weight is 540 g/mol. The molecule has 0 amide bonds. The number of nitrogens with zero attached hydrogens (tertiary/aromatic N) is 1. The normalized spacial score (nSPS) is 29.4. The van der Waals surface area contributed by atoms with Crippen LogP contribution in [0.1, 0.15) is 40.7 Å². The largest absolute Gasteiger partial charge is 1.00 e. The molecular formula is C26H29BrF3NO3. The number of aryl methyl sites for hydroxylation is 1. The van der Waals surface area contributed by atoms with Crippen LogP contribution >= 0.6 is 0 Å². The standard InChI is InChI=1S/C26H29F3NO3.BrH/c1-16-12-21(32-3)24-23-20(16)15-30(2,14-17-4-6-18(7-5-17)26(27,28)29)11-10-25(23)9-8-19(31)13-22(25)33-24;/h4-9,12,19,22,31H,10-11,13-15H2,1-3H3;1H/q+1;/p-1/t19-,22-,25?,30?;/m1./s1. The maximum absolute atomic E-state index is 13.0. The average Bonchev–Trinajstić information content (AvgIpc) is 3.01. The summed E-state index contributed by atoms with van der Waals surface area (Å²) in [5.74, 6) is 1.48. The van der Waals surface area contributed by atoms with E-state index in [0.29, 0.717) is 23.2 Å². The van der Waals surface area contributed by atoms with Gasteiger partial charge in [-0.15, -0.1) is 0 Å². The summed E-state index contributed by atoms with van der Waals surface area (Å²) in [5.41, 5.74) is 3.41. The molecule has 1 N–H and O–H groups in total. The maximum Gasteiger partial charge on any atom is 0.416 e. The second-order valence-corrected chi connectivity index (χ2v) is 9.99. The predicted octanol–water partition coefficient (Wildman–Crippen LogP) is 1.90. The smallest absolute Gasteiger partial charge is 0.416 e. The molecule has 1 spiro atoms. The summed E-state index contributed by atoms with van der Waals surface area (Å²) in [6.07, 6.45) is 0.301. The SMILES string of the molecule is COc1cc(C)c2c3c1O[C@@H]1C[C@H](O)C=CC31CC[N+](C)(Cc1ccc(C(F)(F)F)cc1)C2.[Br-]. The Hall–Kier alpha value is -2.03. The monoisotopic (exact) mass is 539 g/mol. The molecule has 0 fully saturated rings. The Morgan fingerprint density at radius 1 is 1.24 bits per heavy atom. The van der Waals surface area contributed by atoms with Crippen molar-refractivity contribution in [3.8, 4) is 11.5 Å². The minimum atomic E-state index is -4.33. The summed E-state index contributed by atoms with van der Waals surface area (Å²) in [4.78, 5) is 0. The fraction of sp³-hybridized carbons (Fsp3) is 0.462. The lowest BCUT2D eigenvalue weighted by Crippen LogP contribution is -3.00. The van der Waals surface area contributed by atoms with Gasteiger partial charge in [0.05, 0.1) is 37.8 Å². The first kappa shape index (κ1) is 25.1. The minimum absolute atomic E-state index is 0. The fourth-order valence-corrected chi connectivity index (χ4v) is 5.87. The van der Waals surface area contributed by atoms with Crippen LogP contribution in [0.2, 0.25) is 0 Å². The van der Waals surface area contributed by atoms with Crippen LogP contribution in [0, 0.1) is 6.92 Å². The highest BCUT2D eigenvalue weighted by molar-refractivity contribution is 5.63. The molecule has 0 radical (unpaired) electrons. The molecule has 2 aliphatic heterocycles. The molecule has 8 heteroatoms. The van der Waals surface area contributed by atoms with Gasteiger partial charge < -0.3 is 36.0 Å². The van der Waals surface area contributed by atoms with E-state index in [1.165, 1.54) is 17.7 Å². The number of aliphatic hydroxyl groups excluding tert-OH is 1. The van der Waals surface area contributed by atoms with E-state index in [1.807, 2.05) is 12.1 Å². The summed E-state index contributed by atoms with van der Waals surface area (Å²) < 4.78 is 51.7. The van der Waals surface area contributed by atoms with Gasteiger partial charge in [-0.2, -0.15) is 13.2 Å². The lowest BCUT2D eigenvalue weighted by molar-refractivity contribution is -0.935. The third-order valence-corrected chi connectivity index (χ3v) is 7.62. The number of methoxy groups -OCH3 is 1. The second-order valence-electron chi connectivity index (χ2n) is 9.99. The summed E-state index contributed by atoms with van der Waals surface area (Å²) in [5, 5.41) is 10.3. The topological polar surface area (TPSA) is 38.7 Å². The molecule has 2 aromatic carbocycles.